The Bertz CT molecular complexity index is 846. The summed E-state index contributed by atoms with van der Waals surface area (Å²) < 4.78 is 0. The Morgan fingerprint density at radius 3 is 2.50 bits per heavy atom. The number of nitrogens with zero attached hydrogens (tertiary/aromatic N) is 3. The SMILES string of the molecule is CSc1nc(C)c(CCC(=O)N2CC(C(=O)O)c3ccccc32)c(C)n1. The van der Waals surface area contributed by atoms with Gasteiger partial charge in [0.05, 0.1) is 0 Å². The lowest BCUT2D eigenvalue weighted by Gasteiger charge is -2.18. The lowest BCUT2D eigenvalue weighted by atomic mass is 10.0. The van der Waals surface area contributed by atoms with Gasteiger partial charge in [0, 0.05) is 30.0 Å². The summed E-state index contributed by atoms with van der Waals surface area (Å²) in [7, 11) is 0. The average molecular weight is 371 g/mol. The van der Waals surface area contributed by atoms with E-state index in [4.69, 9.17) is 0 Å². The number of benzene rings is 1. The van der Waals surface area contributed by atoms with Gasteiger partial charge in [-0.1, -0.05) is 30.0 Å². The molecular formula is C19H21N3O3S. The number of carbonyl (C=O) groups is 2. The molecule has 3 rings (SSSR count). The van der Waals surface area contributed by atoms with Crippen molar-refractivity contribution in [3.05, 3.63) is 46.8 Å². The van der Waals surface area contributed by atoms with Crippen LogP contribution < -0.4 is 4.90 Å². The highest BCUT2D eigenvalue weighted by molar-refractivity contribution is 7.98. The summed E-state index contributed by atoms with van der Waals surface area (Å²) in [6, 6.07) is 7.22. The van der Waals surface area contributed by atoms with Gasteiger partial charge in [-0.15, -0.1) is 0 Å². The van der Waals surface area contributed by atoms with E-state index in [1.807, 2.05) is 32.2 Å². The van der Waals surface area contributed by atoms with E-state index in [1.54, 1.807) is 17.0 Å². The Morgan fingerprint density at radius 2 is 1.88 bits per heavy atom. The monoisotopic (exact) mass is 371 g/mol. The smallest absolute Gasteiger partial charge is 0.312 e. The fraction of sp³-hybridized carbons (Fsp3) is 0.368. The summed E-state index contributed by atoms with van der Waals surface area (Å²) in [5.74, 6) is -1.64. The zero-order chi connectivity index (χ0) is 18.8. The quantitative estimate of drug-likeness (QED) is 0.643. The van der Waals surface area contributed by atoms with Crippen LogP contribution in [0.15, 0.2) is 29.4 Å². The first-order chi connectivity index (χ1) is 12.4. The summed E-state index contributed by atoms with van der Waals surface area (Å²) >= 11 is 1.49. The van der Waals surface area contributed by atoms with Crippen molar-refractivity contribution in [3.8, 4) is 0 Å². The standard InChI is InChI=1S/C19H21N3O3S/c1-11-13(12(2)21-19(20-11)26-3)8-9-17(23)22-10-15(18(24)25)14-6-4-5-7-16(14)22/h4-7,15H,8-10H2,1-3H3,(H,24,25). The molecule has 1 aromatic carbocycles. The van der Waals surface area contributed by atoms with Gasteiger partial charge >= 0.3 is 5.97 Å². The Labute approximate surface area is 156 Å². The van der Waals surface area contributed by atoms with Gasteiger partial charge in [-0.2, -0.15) is 0 Å². The molecule has 0 radical (unpaired) electrons. The van der Waals surface area contributed by atoms with Gasteiger partial charge in [0.15, 0.2) is 5.16 Å². The molecule has 26 heavy (non-hydrogen) atoms. The third-order valence-corrected chi connectivity index (χ3v) is 5.29. The average Bonchev–Trinajstić information content (AvgIpc) is 3.00. The number of amides is 1. The molecule has 2 aromatic rings. The number of carboxylic acids is 1. The van der Waals surface area contributed by atoms with E-state index in [9.17, 15) is 14.7 Å². The highest BCUT2D eigenvalue weighted by atomic mass is 32.2. The maximum absolute atomic E-state index is 12.8. The molecule has 0 bridgehead atoms. The van der Waals surface area contributed by atoms with Crippen LogP contribution in [0.2, 0.25) is 0 Å². The van der Waals surface area contributed by atoms with Gasteiger partial charge in [0.25, 0.3) is 0 Å². The number of rotatable bonds is 5. The van der Waals surface area contributed by atoms with Gasteiger partial charge in [0.1, 0.15) is 5.92 Å². The first-order valence-electron chi connectivity index (χ1n) is 8.42. The maximum atomic E-state index is 12.8. The molecule has 0 saturated heterocycles. The Balaban J connectivity index is 1.77. The van der Waals surface area contributed by atoms with E-state index < -0.39 is 11.9 Å². The third-order valence-electron chi connectivity index (χ3n) is 4.74. The van der Waals surface area contributed by atoms with Crippen molar-refractivity contribution in [2.45, 2.75) is 37.8 Å². The molecule has 1 aliphatic rings. The molecule has 7 heteroatoms. The molecule has 1 N–H and O–H groups in total. The van der Waals surface area contributed by atoms with Crippen LogP contribution in [-0.2, 0) is 16.0 Å². The van der Waals surface area contributed by atoms with Crippen LogP contribution in [0.4, 0.5) is 5.69 Å². The van der Waals surface area contributed by atoms with Gasteiger partial charge in [-0.05, 0) is 43.7 Å². The molecule has 6 nitrogen and oxygen atoms in total. The highest BCUT2D eigenvalue weighted by Crippen LogP contribution is 2.36. The topological polar surface area (TPSA) is 83.4 Å². The summed E-state index contributed by atoms with van der Waals surface area (Å²) in [4.78, 5) is 34.8. The van der Waals surface area contributed by atoms with Crippen molar-refractivity contribution in [2.75, 3.05) is 17.7 Å². The second-order valence-electron chi connectivity index (χ2n) is 6.31. The molecule has 0 aliphatic carbocycles. The number of hydrogen-bond acceptors (Lipinski definition) is 5. The summed E-state index contributed by atoms with van der Waals surface area (Å²) in [5, 5.41) is 10.2. The van der Waals surface area contributed by atoms with E-state index in [1.165, 1.54) is 11.8 Å². The van der Waals surface area contributed by atoms with Crippen LogP contribution in [0.3, 0.4) is 0 Å². The number of aryl methyl sites for hydroxylation is 2. The molecule has 0 fully saturated rings. The van der Waals surface area contributed by atoms with Crippen molar-refractivity contribution in [2.24, 2.45) is 0 Å². The van der Waals surface area contributed by atoms with Crippen molar-refractivity contribution >= 4 is 29.3 Å². The van der Waals surface area contributed by atoms with E-state index >= 15 is 0 Å². The molecule has 0 saturated carbocycles. The first kappa shape index (κ1) is 18.4. The third kappa shape index (κ3) is 3.44. The lowest BCUT2D eigenvalue weighted by molar-refractivity contribution is -0.138. The van der Waals surface area contributed by atoms with Crippen molar-refractivity contribution in [1.82, 2.24) is 9.97 Å². The number of aliphatic carboxylic acids is 1. The molecule has 1 aliphatic heterocycles. The van der Waals surface area contributed by atoms with Crippen molar-refractivity contribution < 1.29 is 14.7 Å². The van der Waals surface area contributed by atoms with Crippen LogP contribution in [0.25, 0.3) is 0 Å². The molecule has 1 atom stereocenters. The molecule has 1 amide bonds. The van der Waals surface area contributed by atoms with Gasteiger partial charge in [-0.3, -0.25) is 9.59 Å². The van der Waals surface area contributed by atoms with Crippen molar-refractivity contribution in [1.29, 1.82) is 0 Å². The van der Waals surface area contributed by atoms with E-state index in [-0.39, 0.29) is 12.5 Å². The molecule has 1 unspecified atom stereocenters. The number of aromatic nitrogens is 2. The summed E-state index contributed by atoms with van der Waals surface area (Å²) in [5.41, 5.74) is 4.17. The van der Waals surface area contributed by atoms with Gasteiger partial charge < -0.3 is 10.0 Å². The second-order valence-corrected chi connectivity index (χ2v) is 7.09. The molecule has 1 aromatic heterocycles. The molecule has 2 heterocycles. The predicted molar refractivity (Wildman–Crippen MR) is 101 cm³/mol. The number of hydrogen-bond donors (Lipinski definition) is 1. The zero-order valence-corrected chi connectivity index (χ0v) is 15.8. The van der Waals surface area contributed by atoms with Crippen LogP contribution in [-0.4, -0.2) is 39.8 Å². The van der Waals surface area contributed by atoms with E-state index in [0.717, 1.165) is 22.1 Å². The summed E-state index contributed by atoms with van der Waals surface area (Å²) in [6.07, 6.45) is 2.77. The largest absolute Gasteiger partial charge is 0.481 e. The zero-order valence-electron chi connectivity index (χ0n) is 15.0. The molecule has 136 valence electrons. The van der Waals surface area contributed by atoms with Gasteiger partial charge in [-0.25, -0.2) is 9.97 Å². The summed E-state index contributed by atoms with van der Waals surface area (Å²) in [6.45, 7) is 4.05. The van der Waals surface area contributed by atoms with Crippen LogP contribution in [0.5, 0.6) is 0 Å². The normalized spacial score (nSPS) is 15.8. The Morgan fingerprint density at radius 1 is 1.23 bits per heavy atom. The lowest BCUT2D eigenvalue weighted by Crippen LogP contribution is -2.31. The van der Waals surface area contributed by atoms with Crippen molar-refractivity contribution in [3.63, 3.8) is 0 Å². The number of fused-ring (bicyclic) bond motifs is 1. The van der Waals surface area contributed by atoms with Gasteiger partial charge in [0.2, 0.25) is 5.91 Å². The predicted octanol–water partition coefficient (Wildman–Crippen LogP) is 2.96. The first-order valence-corrected chi connectivity index (χ1v) is 9.65. The minimum atomic E-state index is -0.902. The van der Waals surface area contributed by atoms with E-state index in [2.05, 4.69) is 9.97 Å². The van der Waals surface area contributed by atoms with Crippen LogP contribution >= 0.6 is 11.8 Å². The Hall–Kier alpha value is -2.41. The minimum absolute atomic E-state index is 0.0751. The molecule has 0 spiro atoms. The van der Waals surface area contributed by atoms with Crippen LogP contribution in [0.1, 0.15) is 34.9 Å². The number of carbonyl (C=O) groups excluding carboxylic acids is 1. The second kappa shape index (κ2) is 7.45. The fourth-order valence-electron chi connectivity index (χ4n) is 3.38. The number of anilines is 1. The maximum Gasteiger partial charge on any atom is 0.312 e. The van der Waals surface area contributed by atoms with E-state index in [0.29, 0.717) is 24.1 Å². The Kier molecular flexibility index (Phi) is 5.27. The minimum Gasteiger partial charge on any atom is -0.481 e. The highest BCUT2D eigenvalue weighted by Gasteiger charge is 2.36. The fourth-order valence-corrected chi connectivity index (χ4v) is 3.84. The molecular weight excluding hydrogens is 350 g/mol. The van der Waals surface area contributed by atoms with Crippen LogP contribution in [0, 0.1) is 13.8 Å². The number of carboxylic acid groups (broad SMARTS) is 1. The number of para-hydroxylation sites is 1. The number of thioether (sulfide) groups is 1.